The van der Waals surface area contributed by atoms with Gasteiger partial charge in [-0.1, -0.05) is 30.3 Å². The van der Waals surface area contributed by atoms with Crippen LogP contribution >= 0.6 is 11.3 Å². The summed E-state index contributed by atoms with van der Waals surface area (Å²) in [5.74, 6) is 0.559. The predicted molar refractivity (Wildman–Crippen MR) is 114 cm³/mol. The second-order valence-corrected chi connectivity index (χ2v) is 10.2. The molecule has 2 aromatic rings. The molecule has 7 nitrogen and oxygen atoms in total. The zero-order valence-electron chi connectivity index (χ0n) is 16.6. The lowest BCUT2D eigenvalue weighted by Gasteiger charge is -2.25. The summed E-state index contributed by atoms with van der Waals surface area (Å²) in [7, 11) is -0.401. The fourth-order valence-electron chi connectivity index (χ4n) is 2.42. The molecule has 0 aliphatic rings. The maximum atomic E-state index is 12.2. The molecule has 0 saturated heterocycles. The van der Waals surface area contributed by atoms with Crippen LogP contribution in [-0.4, -0.2) is 51.0 Å². The molecule has 1 unspecified atom stereocenters. The average Bonchev–Trinajstić information content (AvgIpc) is 3.14. The summed E-state index contributed by atoms with van der Waals surface area (Å²) in [6, 6.07) is 12.8. The van der Waals surface area contributed by atoms with Crippen molar-refractivity contribution in [2.75, 3.05) is 27.2 Å². The second-order valence-electron chi connectivity index (χ2n) is 6.70. The molecule has 0 bridgehead atoms. The first-order chi connectivity index (χ1) is 13.2. The summed E-state index contributed by atoms with van der Waals surface area (Å²) in [5, 5.41) is 17.0. The molecule has 1 atom stereocenters. The van der Waals surface area contributed by atoms with Gasteiger partial charge in [0.1, 0.15) is 9.81 Å². The Morgan fingerprint density at radius 2 is 1.86 bits per heavy atom. The highest BCUT2D eigenvalue weighted by atomic mass is 32.2. The Bertz CT molecular complexity index is 891. The van der Waals surface area contributed by atoms with Gasteiger partial charge >= 0.3 is 0 Å². The molecule has 1 heterocycles. The highest BCUT2D eigenvalue weighted by Gasteiger charge is 2.23. The molecule has 1 aromatic heterocycles. The number of hydrogen-bond donors (Lipinski definition) is 3. The van der Waals surface area contributed by atoms with E-state index in [1.165, 1.54) is 29.7 Å². The smallest absolute Gasteiger partial charge is 0.252 e. The topological polar surface area (TPSA) is 94.0 Å². The fraction of sp³-hybridized carbons (Fsp3) is 0.421. The molecule has 9 heteroatoms. The zero-order chi connectivity index (χ0) is 20.8. The van der Waals surface area contributed by atoms with E-state index in [4.69, 9.17) is 0 Å². The van der Waals surface area contributed by atoms with Gasteiger partial charge in [0, 0.05) is 25.5 Å². The van der Waals surface area contributed by atoms with Gasteiger partial charge in [0.15, 0.2) is 5.96 Å². The average molecular weight is 425 g/mol. The van der Waals surface area contributed by atoms with Gasteiger partial charge in [-0.2, -0.15) is 0 Å². The number of aliphatic imine (C=N–C) groups is 1. The molecule has 0 radical (unpaired) electrons. The Morgan fingerprint density at radius 1 is 1.18 bits per heavy atom. The molecule has 1 aromatic carbocycles. The standard InChI is InChI=1S/C19H28N4O3S2/c1-5-20-18(22-14-19(2,24)15-9-7-6-8-10-15)21-13-16-11-12-17(27-16)28(25,26)23(3)4/h6-12,24H,5,13-14H2,1-4H3,(H2,20,21,22). The van der Waals surface area contributed by atoms with E-state index in [0.717, 1.165) is 10.4 Å². The van der Waals surface area contributed by atoms with Crippen molar-refractivity contribution in [1.82, 2.24) is 14.9 Å². The number of benzene rings is 1. The number of rotatable bonds is 8. The van der Waals surface area contributed by atoms with E-state index in [2.05, 4.69) is 15.6 Å². The van der Waals surface area contributed by atoms with Gasteiger partial charge in [-0.05, 0) is 31.5 Å². The summed E-state index contributed by atoms with van der Waals surface area (Å²) in [6.07, 6.45) is 0. The molecule has 0 amide bonds. The maximum Gasteiger partial charge on any atom is 0.252 e. The first-order valence-corrected chi connectivity index (χ1v) is 11.2. The molecular formula is C19H28N4O3S2. The van der Waals surface area contributed by atoms with E-state index in [1.54, 1.807) is 19.1 Å². The van der Waals surface area contributed by atoms with Gasteiger partial charge in [-0.25, -0.2) is 17.7 Å². The Hall–Kier alpha value is -1.94. The number of sulfonamides is 1. The number of hydrogen-bond acceptors (Lipinski definition) is 5. The van der Waals surface area contributed by atoms with Gasteiger partial charge in [0.2, 0.25) is 0 Å². The number of thiophene rings is 1. The van der Waals surface area contributed by atoms with Gasteiger partial charge in [0.25, 0.3) is 10.0 Å². The minimum Gasteiger partial charge on any atom is -0.384 e. The quantitative estimate of drug-likeness (QED) is 0.445. The molecule has 28 heavy (non-hydrogen) atoms. The van der Waals surface area contributed by atoms with Crippen molar-refractivity contribution in [2.45, 2.75) is 30.2 Å². The summed E-state index contributed by atoms with van der Waals surface area (Å²) in [4.78, 5) is 5.35. The van der Waals surface area contributed by atoms with E-state index >= 15 is 0 Å². The lowest BCUT2D eigenvalue weighted by molar-refractivity contribution is 0.0617. The first kappa shape index (κ1) is 22.4. The summed E-state index contributed by atoms with van der Waals surface area (Å²) < 4.78 is 25.9. The van der Waals surface area contributed by atoms with Crippen LogP contribution in [-0.2, 0) is 22.2 Å². The minimum absolute atomic E-state index is 0.285. The molecule has 154 valence electrons. The second kappa shape index (κ2) is 9.51. The van der Waals surface area contributed by atoms with Gasteiger partial charge in [0.05, 0.1) is 13.1 Å². The number of nitrogens with zero attached hydrogens (tertiary/aromatic N) is 2. The monoisotopic (exact) mass is 424 g/mol. The molecule has 0 aliphatic heterocycles. The predicted octanol–water partition coefficient (Wildman–Crippen LogP) is 1.96. The number of aliphatic hydroxyl groups is 1. The van der Waals surface area contributed by atoms with Crippen molar-refractivity contribution >= 4 is 27.3 Å². The highest BCUT2D eigenvalue weighted by molar-refractivity contribution is 7.91. The molecular weight excluding hydrogens is 396 g/mol. The van der Waals surface area contributed by atoms with Crippen molar-refractivity contribution in [1.29, 1.82) is 0 Å². The summed E-state index contributed by atoms with van der Waals surface area (Å²) in [5.41, 5.74) is -0.233. The van der Waals surface area contributed by atoms with Crippen LogP contribution in [0.4, 0.5) is 0 Å². The highest BCUT2D eigenvalue weighted by Crippen LogP contribution is 2.24. The Kier molecular flexibility index (Phi) is 7.59. The van der Waals surface area contributed by atoms with E-state index in [9.17, 15) is 13.5 Å². The van der Waals surface area contributed by atoms with Crippen LogP contribution in [0.1, 0.15) is 24.3 Å². The molecule has 3 N–H and O–H groups in total. The normalized spacial score (nSPS) is 14.7. The number of nitrogens with one attached hydrogen (secondary N) is 2. The Balaban J connectivity index is 2.06. The lowest BCUT2D eigenvalue weighted by Crippen LogP contribution is -2.44. The third kappa shape index (κ3) is 5.78. The Morgan fingerprint density at radius 3 is 2.46 bits per heavy atom. The van der Waals surface area contributed by atoms with Crippen molar-refractivity contribution in [3.8, 4) is 0 Å². The summed E-state index contributed by atoms with van der Waals surface area (Å²) >= 11 is 1.21. The third-order valence-electron chi connectivity index (χ3n) is 4.10. The minimum atomic E-state index is -3.43. The van der Waals surface area contributed by atoms with Crippen LogP contribution < -0.4 is 10.6 Å². The third-order valence-corrected chi connectivity index (χ3v) is 7.46. The van der Waals surface area contributed by atoms with Crippen LogP contribution in [0.5, 0.6) is 0 Å². The van der Waals surface area contributed by atoms with Gasteiger partial charge in [-0.15, -0.1) is 11.3 Å². The van der Waals surface area contributed by atoms with Crippen LogP contribution in [0.25, 0.3) is 0 Å². The fourth-order valence-corrected chi connectivity index (χ4v) is 4.86. The van der Waals surface area contributed by atoms with Crippen molar-refractivity contribution in [3.05, 3.63) is 52.9 Å². The van der Waals surface area contributed by atoms with Gasteiger partial charge in [-0.3, -0.25) is 0 Å². The van der Waals surface area contributed by atoms with E-state index in [-0.39, 0.29) is 6.54 Å². The van der Waals surface area contributed by atoms with Crippen molar-refractivity contribution in [3.63, 3.8) is 0 Å². The molecule has 2 rings (SSSR count). The van der Waals surface area contributed by atoms with Crippen LogP contribution in [0, 0.1) is 0 Å². The largest absolute Gasteiger partial charge is 0.384 e. The number of guanidine groups is 1. The zero-order valence-corrected chi connectivity index (χ0v) is 18.3. The summed E-state index contributed by atoms with van der Waals surface area (Å²) in [6.45, 7) is 5.00. The van der Waals surface area contributed by atoms with Crippen molar-refractivity contribution < 1.29 is 13.5 Å². The van der Waals surface area contributed by atoms with Gasteiger partial charge < -0.3 is 15.7 Å². The molecule has 0 spiro atoms. The molecule has 0 saturated carbocycles. The van der Waals surface area contributed by atoms with Crippen molar-refractivity contribution in [2.24, 2.45) is 4.99 Å². The van der Waals surface area contributed by atoms with Crippen LogP contribution in [0.2, 0.25) is 0 Å². The SMILES string of the molecule is CCNC(=NCc1ccc(S(=O)(=O)N(C)C)s1)NCC(C)(O)c1ccccc1. The van der Waals surface area contributed by atoms with E-state index in [1.807, 2.05) is 37.3 Å². The van der Waals surface area contributed by atoms with E-state index < -0.39 is 15.6 Å². The first-order valence-electron chi connectivity index (χ1n) is 8.98. The van der Waals surface area contributed by atoms with Crippen LogP contribution in [0.3, 0.4) is 0 Å². The molecule has 0 aliphatic carbocycles. The van der Waals surface area contributed by atoms with Crippen LogP contribution in [0.15, 0.2) is 51.7 Å². The lowest BCUT2D eigenvalue weighted by atomic mass is 9.96. The van der Waals surface area contributed by atoms with E-state index in [0.29, 0.717) is 23.3 Å². The maximum absolute atomic E-state index is 12.2. The Labute approximate surface area is 171 Å². The molecule has 0 fully saturated rings.